The molecule has 0 unspecified atom stereocenters. The Kier molecular flexibility index (Phi) is 5.21. The summed E-state index contributed by atoms with van der Waals surface area (Å²) in [4.78, 5) is 41.7. The minimum Gasteiger partial charge on any atom is -0.392 e. The van der Waals surface area contributed by atoms with Crippen molar-refractivity contribution < 1.29 is 50.3 Å². The first-order valence-corrected chi connectivity index (χ1v) is 4.27. The summed E-state index contributed by atoms with van der Waals surface area (Å²) in [7, 11) is 0. The maximum Gasteiger partial charge on any atom is 0.450 e. The van der Waals surface area contributed by atoms with Crippen LogP contribution in [0.25, 0.3) is 0 Å². The summed E-state index contributed by atoms with van der Waals surface area (Å²) in [6.07, 6.45) is -14.4. The van der Waals surface area contributed by atoms with Gasteiger partial charge in [-0.15, -0.1) is 0 Å². The number of rotatable bonds is 4. The molecule has 0 bridgehead atoms. The molecule has 0 saturated carbocycles. The molecule has 0 fully saturated rings. The fraction of sp³-hybridized carbons (Fsp3) is 0.500. The molecule has 0 aliphatic rings. The minimum atomic E-state index is -5.34. The maximum absolute atomic E-state index is 11.7. The molecule has 0 aromatic carbocycles. The van der Waals surface area contributed by atoms with E-state index in [1.807, 2.05) is 0 Å². The second kappa shape index (κ2) is 5.80. The predicted molar refractivity (Wildman–Crippen MR) is 42.5 cm³/mol. The lowest BCUT2D eigenvalue weighted by molar-refractivity contribution is -0.179. The Balaban J connectivity index is 4.33. The van der Waals surface area contributed by atoms with Crippen LogP contribution in [0.5, 0.6) is 0 Å². The van der Waals surface area contributed by atoms with Crippen LogP contribution in [0.2, 0.25) is 0 Å². The fourth-order valence-electron chi connectivity index (χ4n) is 0.662. The zero-order valence-electron chi connectivity index (χ0n) is 8.72. The number of hydrogen-bond donors (Lipinski definition) is 0. The summed E-state index contributed by atoms with van der Waals surface area (Å²) >= 11 is 0. The number of halogens is 6. The number of ketones is 2. The van der Waals surface area contributed by atoms with Crippen molar-refractivity contribution in [1.82, 2.24) is 0 Å². The Morgan fingerprint density at radius 1 is 0.684 bits per heavy atom. The van der Waals surface area contributed by atoms with Crippen LogP contribution in [0.4, 0.5) is 26.3 Å². The normalized spacial score (nSPS) is 11.9. The number of alkyl halides is 6. The quantitative estimate of drug-likeness (QED) is 0.441. The Hall–Kier alpha value is -1.94. The first-order valence-electron chi connectivity index (χ1n) is 4.27. The molecule has 0 rings (SSSR count). The van der Waals surface area contributed by atoms with Gasteiger partial charge in [-0.05, 0) is 0 Å². The van der Waals surface area contributed by atoms with Gasteiger partial charge in [-0.3, -0.25) is 19.2 Å². The van der Waals surface area contributed by atoms with Crippen LogP contribution in [0.15, 0.2) is 0 Å². The van der Waals surface area contributed by atoms with Gasteiger partial charge in [0, 0.05) is 0 Å². The molecule has 0 aromatic rings. The third-order valence-electron chi connectivity index (χ3n) is 1.47. The predicted octanol–water partition coefficient (Wildman–Crippen LogP) is 1.10. The van der Waals surface area contributed by atoms with E-state index < -0.39 is 48.7 Å². The van der Waals surface area contributed by atoms with Gasteiger partial charge in [0.2, 0.25) is 11.6 Å². The molecule has 5 nitrogen and oxygen atoms in total. The van der Waals surface area contributed by atoms with Gasteiger partial charge in [0.05, 0.1) is 0 Å². The average Bonchev–Trinajstić information content (AvgIpc) is 2.13. The van der Waals surface area contributed by atoms with E-state index in [1.165, 1.54) is 0 Å². The molecule has 0 aliphatic carbocycles. The van der Waals surface area contributed by atoms with E-state index in [1.54, 1.807) is 0 Å². The summed E-state index contributed by atoms with van der Waals surface area (Å²) in [6.45, 7) is 0. The molecule has 0 amide bonds. The molecule has 108 valence electrons. The minimum absolute atomic E-state index is 1.87. The number of carbonyl (C=O) groups is 4. The van der Waals surface area contributed by atoms with Gasteiger partial charge in [-0.2, -0.15) is 26.3 Å². The lowest BCUT2D eigenvalue weighted by atomic mass is 10.2. The van der Waals surface area contributed by atoms with E-state index in [4.69, 9.17) is 0 Å². The van der Waals surface area contributed by atoms with E-state index >= 15 is 0 Å². The number of carbonyl (C=O) groups excluding carboxylic acids is 4. The van der Waals surface area contributed by atoms with Gasteiger partial charge in [-0.1, -0.05) is 0 Å². The van der Waals surface area contributed by atoms with Crippen molar-refractivity contribution in [3.63, 3.8) is 0 Å². The number of hydrogen-bond acceptors (Lipinski definition) is 5. The zero-order chi connectivity index (χ0) is 15.4. The molecule has 0 spiro atoms. The van der Waals surface area contributed by atoms with Gasteiger partial charge in [0.1, 0.15) is 12.8 Å². The van der Waals surface area contributed by atoms with Crippen LogP contribution in [-0.4, -0.2) is 35.9 Å². The molecule has 0 atom stereocenters. The van der Waals surface area contributed by atoms with Gasteiger partial charge in [0.25, 0.3) is 0 Å². The van der Waals surface area contributed by atoms with Crippen LogP contribution in [-0.2, 0) is 23.9 Å². The fourth-order valence-corrected chi connectivity index (χ4v) is 0.662. The van der Waals surface area contributed by atoms with E-state index in [2.05, 4.69) is 4.74 Å². The Morgan fingerprint density at radius 2 is 0.947 bits per heavy atom. The van der Waals surface area contributed by atoms with Crippen LogP contribution >= 0.6 is 0 Å². The monoisotopic (exact) mass is 294 g/mol. The number of ether oxygens (including phenoxy) is 1. The smallest absolute Gasteiger partial charge is 0.392 e. The van der Waals surface area contributed by atoms with Gasteiger partial charge in [-0.25, -0.2) is 0 Å². The largest absolute Gasteiger partial charge is 0.450 e. The second-order valence-electron chi connectivity index (χ2n) is 3.04. The highest BCUT2D eigenvalue weighted by Gasteiger charge is 2.41. The van der Waals surface area contributed by atoms with Crippen molar-refractivity contribution in [2.45, 2.75) is 25.2 Å². The SMILES string of the molecule is O=C(CC(=O)C(F)(F)F)OC(=O)CC(=O)C(F)(F)F. The topological polar surface area (TPSA) is 77.5 Å². The van der Waals surface area contributed by atoms with Crippen LogP contribution < -0.4 is 0 Å². The van der Waals surface area contributed by atoms with Crippen LogP contribution in [0.1, 0.15) is 12.8 Å². The number of esters is 2. The lowest BCUT2D eigenvalue weighted by Gasteiger charge is -2.06. The zero-order valence-corrected chi connectivity index (χ0v) is 8.72. The van der Waals surface area contributed by atoms with Crippen LogP contribution in [0, 0.1) is 0 Å². The van der Waals surface area contributed by atoms with Crippen LogP contribution in [0.3, 0.4) is 0 Å². The van der Waals surface area contributed by atoms with Crippen molar-refractivity contribution in [3.8, 4) is 0 Å². The third kappa shape index (κ3) is 6.52. The Morgan fingerprint density at radius 3 is 1.16 bits per heavy atom. The van der Waals surface area contributed by atoms with Crippen molar-refractivity contribution in [2.75, 3.05) is 0 Å². The standard InChI is InChI=1S/C8H4F6O5/c9-7(10,11)3(15)1-5(17)19-6(18)2-4(16)8(12,13)14/h1-2H2. The van der Waals surface area contributed by atoms with Crippen molar-refractivity contribution in [2.24, 2.45) is 0 Å². The highest BCUT2D eigenvalue weighted by atomic mass is 19.4. The molecule has 0 aromatic heterocycles. The first-order chi connectivity index (χ1) is 8.34. The van der Waals surface area contributed by atoms with E-state index in [-0.39, 0.29) is 0 Å². The van der Waals surface area contributed by atoms with Gasteiger partial charge in [0.15, 0.2) is 0 Å². The number of Topliss-reactive ketones (excluding diaryl/α,β-unsaturated/α-hetero) is 2. The third-order valence-corrected chi connectivity index (χ3v) is 1.47. The summed E-state index contributed by atoms with van der Waals surface area (Å²) < 4.78 is 73.5. The highest BCUT2D eigenvalue weighted by molar-refractivity contribution is 6.05. The first kappa shape index (κ1) is 17.1. The van der Waals surface area contributed by atoms with Crippen molar-refractivity contribution >= 4 is 23.5 Å². The summed E-state index contributed by atoms with van der Waals surface area (Å²) in [5.41, 5.74) is 0. The Bertz CT molecular complexity index is 369. The molecule has 0 N–H and O–H groups in total. The highest BCUT2D eigenvalue weighted by Crippen LogP contribution is 2.19. The van der Waals surface area contributed by atoms with Gasteiger partial charge >= 0.3 is 24.3 Å². The van der Waals surface area contributed by atoms with E-state index in [0.29, 0.717) is 0 Å². The Labute approximate surface area is 100 Å². The summed E-state index contributed by atoms with van der Waals surface area (Å²) in [6, 6.07) is 0. The lowest BCUT2D eigenvalue weighted by Crippen LogP contribution is -2.29. The molecule has 0 heterocycles. The molecular formula is C8H4F6O5. The van der Waals surface area contributed by atoms with Crippen molar-refractivity contribution in [1.29, 1.82) is 0 Å². The average molecular weight is 294 g/mol. The van der Waals surface area contributed by atoms with Gasteiger partial charge < -0.3 is 4.74 Å². The molecule has 0 saturated heterocycles. The molecule has 11 heteroatoms. The summed E-state index contributed by atoms with van der Waals surface area (Å²) in [5, 5.41) is 0. The molecule has 0 aliphatic heterocycles. The van der Waals surface area contributed by atoms with Crippen molar-refractivity contribution in [3.05, 3.63) is 0 Å². The molecule has 0 radical (unpaired) electrons. The van der Waals surface area contributed by atoms with E-state index in [0.717, 1.165) is 0 Å². The molecular weight excluding hydrogens is 290 g/mol. The molecule has 19 heavy (non-hydrogen) atoms. The van der Waals surface area contributed by atoms with E-state index in [9.17, 15) is 45.5 Å². The summed E-state index contributed by atoms with van der Waals surface area (Å²) in [5.74, 6) is -9.07. The second-order valence-corrected chi connectivity index (χ2v) is 3.04. The maximum atomic E-state index is 11.7.